The van der Waals surface area contributed by atoms with Crippen LogP contribution in [0.4, 0.5) is 17.6 Å². The van der Waals surface area contributed by atoms with Gasteiger partial charge in [0, 0.05) is 42.0 Å². The fourth-order valence-corrected chi connectivity index (χ4v) is 7.81. The molecule has 0 bridgehead atoms. The molecule has 2 amide bonds. The molecular formula is C53H75F4N3O3U. The first-order valence-corrected chi connectivity index (χ1v) is 22.9. The molecule has 0 aromatic heterocycles. The van der Waals surface area contributed by atoms with E-state index in [1.807, 2.05) is 42.8 Å². The fraction of sp³-hybridized carbons (Fsp3) is 0.547. The van der Waals surface area contributed by atoms with Crippen LogP contribution in [-0.2, 0) is 14.3 Å². The molecule has 4 fully saturated rings. The summed E-state index contributed by atoms with van der Waals surface area (Å²) in [5.74, 6) is -0.678. The van der Waals surface area contributed by atoms with Gasteiger partial charge in [0.2, 0.25) is 11.8 Å². The van der Waals surface area contributed by atoms with E-state index in [1.165, 1.54) is 30.7 Å². The molecule has 2 heterocycles. The average Bonchev–Trinajstić information content (AvgIpc) is 3.75. The maximum absolute atomic E-state index is 13.5. The van der Waals surface area contributed by atoms with Crippen LogP contribution in [0.25, 0.3) is 0 Å². The summed E-state index contributed by atoms with van der Waals surface area (Å²) in [5.41, 5.74) is 2.27. The number of hydrogen-bond acceptors (Lipinski definition) is 4. The standard InChI is InChI=1S/C19H23F2NO2.C16H18F2NO.C11H19N.C4H10.C3H5.U/c1-11(2)24-17-8-14(9-17)19(23)22-12(3)4-5-18(22)13-6-15(20)10-16(21)7-13;1-10-5-6-15(12-7-13(17)9-14(18)8-12)19(10)16(20)11-3-2-4-11;1-4-7-8-9-11(6-3)12-10-5-2;1-4(2)3;1-3-2;/h6-7,10,12,14,17-18H,1,4-5,8-9H2,2-3H3;2,7-11,15H,3-6H2,1H3;5,8-10H,4,6-7H2,1-3H3;4H,1-3H3;1H2,2H3;/q;-1;;;-1;+2/b;;9-8-,10-5-,12-11-;;;. The zero-order chi connectivity index (χ0) is 47.2. The van der Waals surface area contributed by atoms with Crippen molar-refractivity contribution in [2.75, 3.05) is 0 Å². The molecule has 6 rings (SSSR count). The van der Waals surface area contributed by atoms with E-state index in [4.69, 9.17) is 4.74 Å². The van der Waals surface area contributed by atoms with Crippen LogP contribution in [0.15, 0.2) is 84.7 Å². The van der Waals surface area contributed by atoms with E-state index in [-0.39, 0.29) is 85.0 Å². The van der Waals surface area contributed by atoms with Gasteiger partial charge in [0.1, 0.15) is 23.3 Å². The second kappa shape index (κ2) is 30.7. The number of carbonyl (C=O) groups excluding carboxylic acids is 2. The molecule has 2 saturated heterocycles. The summed E-state index contributed by atoms with van der Waals surface area (Å²) in [4.78, 5) is 33.3. The largest absolute Gasteiger partial charge is 2.00 e. The monoisotopic (exact) mass is 1120 g/mol. The van der Waals surface area contributed by atoms with Gasteiger partial charge in [0.25, 0.3) is 0 Å². The number of allylic oxidation sites excluding steroid dienone is 5. The number of amides is 2. The van der Waals surface area contributed by atoms with E-state index < -0.39 is 23.3 Å². The van der Waals surface area contributed by atoms with Crippen LogP contribution >= 0.6 is 0 Å². The molecule has 4 atom stereocenters. The number of benzene rings is 2. The van der Waals surface area contributed by atoms with Crippen molar-refractivity contribution < 1.29 is 63.0 Å². The molecule has 64 heavy (non-hydrogen) atoms. The van der Waals surface area contributed by atoms with Crippen LogP contribution in [0.2, 0.25) is 0 Å². The molecule has 0 radical (unpaired) electrons. The Morgan fingerprint density at radius 3 is 1.61 bits per heavy atom. The van der Waals surface area contributed by atoms with E-state index in [0.717, 1.165) is 75.1 Å². The van der Waals surface area contributed by atoms with Crippen molar-refractivity contribution in [2.45, 2.75) is 170 Å². The number of unbranched alkanes of at least 4 members (excludes halogenated alkanes) is 1. The Labute approximate surface area is 407 Å². The van der Waals surface area contributed by atoms with Crippen LogP contribution < -0.4 is 0 Å². The first-order chi connectivity index (χ1) is 29.9. The molecule has 2 saturated carbocycles. The van der Waals surface area contributed by atoms with Crippen LogP contribution in [0, 0.1) is 84.6 Å². The summed E-state index contributed by atoms with van der Waals surface area (Å²) in [6, 6.07) is 6.86. The van der Waals surface area contributed by atoms with Crippen molar-refractivity contribution in [2.24, 2.45) is 22.7 Å². The molecule has 2 aromatic carbocycles. The van der Waals surface area contributed by atoms with Crippen molar-refractivity contribution in [3.8, 4) is 0 Å². The van der Waals surface area contributed by atoms with Gasteiger partial charge in [-0.25, -0.2) is 17.6 Å². The summed E-state index contributed by atoms with van der Waals surface area (Å²) in [7, 11) is 0. The average molecular weight is 1120 g/mol. The Morgan fingerprint density at radius 2 is 1.27 bits per heavy atom. The van der Waals surface area contributed by atoms with Crippen molar-refractivity contribution in [3.63, 3.8) is 0 Å². The summed E-state index contributed by atoms with van der Waals surface area (Å²) >= 11 is 0. The number of ether oxygens (including phenoxy) is 1. The Balaban J connectivity index is 0.000000462. The number of likely N-dealkylation sites (tertiary alicyclic amines) is 2. The molecule has 4 unspecified atom stereocenters. The van der Waals surface area contributed by atoms with Crippen LogP contribution in [0.3, 0.4) is 0 Å². The summed E-state index contributed by atoms with van der Waals surface area (Å²) < 4.78 is 59.4. The quantitative estimate of drug-likeness (QED) is 0.0975. The first-order valence-electron chi connectivity index (χ1n) is 22.9. The number of rotatable bonds is 11. The Bertz CT molecular complexity index is 1800. The van der Waals surface area contributed by atoms with E-state index in [1.54, 1.807) is 13.8 Å². The van der Waals surface area contributed by atoms with Gasteiger partial charge < -0.3 is 27.0 Å². The number of aliphatic imine (C=N–C) groups is 1. The van der Waals surface area contributed by atoms with Crippen molar-refractivity contribution in [1.82, 2.24) is 9.80 Å². The van der Waals surface area contributed by atoms with Crippen LogP contribution in [-0.4, -0.2) is 45.5 Å². The summed E-state index contributed by atoms with van der Waals surface area (Å²) in [5, 5.41) is 0. The molecular weight excluding hydrogens is 1040 g/mol. The van der Waals surface area contributed by atoms with E-state index in [2.05, 4.69) is 77.4 Å². The smallest absolute Gasteiger partial charge is 0.507 e. The first kappa shape index (κ1) is 58.6. The minimum absolute atomic E-state index is 0. The normalized spacial score (nSPS) is 22.6. The molecule has 11 heteroatoms. The van der Waals surface area contributed by atoms with Gasteiger partial charge in [-0.15, -0.1) is 0 Å². The summed E-state index contributed by atoms with van der Waals surface area (Å²) in [6.07, 6.45) is 22.3. The molecule has 2 aliphatic carbocycles. The van der Waals surface area contributed by atoms with Crippen molar-refractivity contribution >= 4 is 17.5 Å². The summed E-state index contributed by atoms with van der Waals surface area (Å²) in [6.45, 7) is 27.3. The van der Waals surface area contributed by atoms with Crippen LogP contribution in [0.5, 0.6) is 0 Å². The number of nitrogens with zero attached hydrogens (tertiary/aromatic N) is 3. The third kappa shape index (κ3) is 19.6. The fourth-order valence-electron chi connectivity index (χ4n) is 7.81. The topological polar surface area (TPSA) is 62.2 Å². The Morgan fingerprint density at radius 1 is 0.844 bits per heavy atom. The van der Waals surface area contributed by atoms with E-state index >= 15 is 0 Å². The van der Waals surface area contributed by atoms with Crippen molar-refractivity contribution in [1.29, 1.82) is 0 Å². The zero-order valence-electron chi connectivity index (χ0n) is 40.2. The van der Waals surface area contributed by atoms with Gasteiger partial charge >= 0.3 is 31.1 Å². The maximum atomic E-state index is 13.5. The van der Waals surface area contributed by atoms with Gasteiger partial charge in [-0.2, -0.15) is 19.8 Å². The molecule has 0 spiro atoms. The molecule has 2 aromatic rings. The molecule has 0 N–H and O–H groups in total. The predicted octanol–water partition coefficient (Wildman–Crippen LogP) is 14.4. The molecule has 352 valence electrons. The zero-order valence-corrected chi connectivity index (χ0v) is 44.4. The minimum atomic E-state index is -0.601. The number of carbonyl (C=O) groups is 2. The van der Waals surface area contributed by atoms with Gasteiger partial charge in [-0.3, -0.25) is 21.2 Å². The minimum Gasteiger partial charge on any atom is -0.507 e. The number of halogens is 4. The van der Waals surface area contributed by atoms with Gasteiger partial charge in [0.05, 0.1) is 23.9 Å². The third-order valence-electron chi connectivity index (χ3n) is 11.0. The van der Waals surface area contributed by atoms with Crippen molar-refractivity contribution in [3.05, 3.63) is 127 Å². The number of hydrogen-bond donors (Lipinski definition) is 0. The van der Waals surface area contributed by atoms with Crippen LogP contribution in [0.1, 0.15) is 163 Å². The van der Waals surface area contributed by atoms with Gasteiger partial charge in [-0.1, -0.05) is 59.8 Å². The predicted molar refractivity (Wildman–Crippen MR) is 250 cm³/mol. The SMILES string of the molecule is C=C(C)OC1CC(C(=O)N2C(C)CCC2c2cc(F)cc(F)c2)C1.C=[C-]C.CC(C)C.CC1CCC(c2cc(F)cc(F)c2)N1C(=O)C1C[CH-]C1.C\C=C/N=C(\C=C/CCC)CC.[U+2]. The molecule has 6 nitrogen and oxygen atoms in total. The third-order valence-corrected chi connectivity index (χ3v) is 11.0. The van der Waals surface area contributed by atoms with Gasteiger partial charge in [0.15, 0.2) is 0 Å². The second-order valence-electron chi connectivity index (χ2n) is 17.6. The van der Waals surface area contributed by atoms with E-state index in [9.17, 15) is 27.2 Å². The maximum Gasteiger partial charge on any atom is 2.00 e. The Kier molecular flexibility index (Phi) is 28.1. The van der Waals surface area contributed by atoms with E-state index in [0.29, 0.717) is 29.7 Å². The van der Waals surface area contributed by atoms with Gasteiger partial charge in [-0.05, 0) is 132 Å². The molecule has 4 aliphatic rings. The molecule has 2 aliphatic heterocycles. The Hall–Kier alpha value is -3.42. The second-order valence-corrected chi connectivity index (χ2v) is 17.6.